The Labute approximate surface area is 147 Å². The Morgan fingerprint density at radius 3 is 2.00 bits per heavy atom. The third-order valence-electron chi connectivity index (χ3n) is 2.80. The number of rotatable bonds is 9. The molecule has 0 aliphatic carbocycles. The maximum absolute atomic E-state index is 11.0. The van der Waals surface area contributed by atoms with Crippen molar-refractivity contribution < 1.29 is 18.8 Å². The number of likely N-dealkylation sites (N-methyl/N-ethyl adjacent to an activating group) is 1. The van der Waals surface area contributed by atoms with Gasteiger partial charge in [0.25, 0.3) is 0 Å². The van der Waals surface area contributed by atoms with Crippen LogP contribution in [0.2, 0.25) is 0 Å². The molecule has 0 aliphatic heterocycles. The van der Waals surface area contributed by atoms with Crippen LogP contribution < -0.4 is 5.32 Å². The maximum atomic E-state index is 11.0. The molecule has 0 saturated heterocycles. The first-order chi connectivity index (χ1) is 10.9. The topological polar surface area (TPSA) is 58.6 Å². The number of hydrogen-bond donors (Lipinski definition) is 1. The van der Waals surface area contributed by atoms with Crippen LogP contribution in [0.25, 0.3) is 0 Å². The lowest BCUT2D eigenvalue weighted by Gasteiger charge is -2.23. The van der Waals surface area contributed by atoms with Gasteiger partial charge in [0.05, 0.1) is 21.1 Å². The molecular formula is C18H36N3O3+. The van der Waals surface area contributed by atoms with E-state index in [-0.39, 0.29) is 11.9 Å². The van der Waals surface area contributed by atoms with Gasteiger partial charge in [-0.1, -0.05) is 13.2 Å². The van der Waals surface area contributed by atoms with Crippen LogP contribution in [0.15, 0.2) is 24.3 Å². The minimum atomic E-state index is -0.302. The first kappa shape index (κ1) is 24.6. The molecule has 0 aromatic heterocycles. The van der Waals surface area contributed by atoms with Gasteiger partial charge in [0.2, 0.25) is 5.91 Å². The minimum absolute atomic E-state index is 0.0474. The Morgan fingerprint density at radius 1 is 1.08 bits per heavy atom. The molecule has 0 rings (SSSR count). The quantitative estimate of drug-likeness (QED) is 0.298. The number of carbonyl (C=O) groups is 2. The van der Waals surface area contributed by atoms with Crippen LogP contribution >= 0.6 is 0 Å². The number of ether oxygens (including phenoxy) is 1. The third kappa shape index (κ3) is 18.4. The number of carbonyl (C=O) groups excluding carboxylic acids is 2. The first-order valence-corrected chi connectivity index (χ1v) is 8.08. The molecule has 0 bridgehead atoms. The first-order valence-electron chi connectivity index (χ1n) is 8.08. The van der Waals surface area contributed by atoms with Crippen molar-refractivity contribution in [3.05, 3.63) is 24.3 Å². The van der Waals surface area contributed by atoms with Crippen LogP contribution in [0.3, 0.4) is 0 Å². The maximum Gasteiger partial charge on any atom is 0.333 e. The Hall–Kier alpha value is -1.66. The van der Waals surface area contributed by atoms with Crippen LogP contribution in [0.4, 0.5) is 0 Å². The Balaban J connectivity index is 0. The highest BCUT2D eigenvalue weighted by Crippen LogP contribution is 1.94. The zero-order valence-electron chi connectivity index (χ0n) is 16.6. The summed E-state index contributed by atoms with van der Waals surface area (Å²) < 4.78 is 5.72. The second kappa shape index (κ2) is 12.7. The average molecular weight is 343 g/mol. The van der Waals surface area contributed by atoms with Gasteiger partial charge in [-0.3, -0.25) is 4.79 Å². The van der Waals surface area contributed by atoms with E-state index in [0.717, 1.165) is 30.5 Å². The van der Waals surface area contributed by atoms with Gasteiger partial charge in [-0.15, -0.1) is 0 Å². The average Bonchev–Trinajstić information content (AvgIpc) is 2.42. The number of nitrogens with one attached hydrogen (secondary N) is 1. The molecule has 1 amide bonds. The summed E-state index contributed by atoms with van der Waals surface area (Å²) in [5.41, 5.74) is 1.02. The Bertz CT molecular complexity index is 424. The van der Waals surface area contributed by atoms with Gasteiger partial charge >= 0.3 is 5.97 Å². The standard InChI is InChI=1S/C9H18N2O.C9H18NO2/c1-8(2)9(12)10-6-5-7-11(3)4;1-8(2)9(11)12-7-6-10(3,4)5/h1,5-7H2,2-4H3,(H,10,12);1,6-7H2,2-5H3/q;+1. The SMILES string of the molecule is C=C(C)C(=O)NCCCN(C)C.C=C(C)C(=O)OCC[N+](C)(C)C. The zero-order chi connectivity index (χ0) is 19.3. The molecule has 6 heteroatoms. The predicted octanol–water partition coefficient (Wildman–Crippen LogP) is 1.44. The summed E-state index contributed by atoms with van der Waals surface area (Å²) in [6, 6.07) is 0. The summed E-state index contributed by atoms with van der Waals surface area (Å²) in [5.74, 6) is -0.350. The van der Waals surface area contributed by atoms with Gasteiger partial charge in [-0.2, -0.15) is 0 Å². The fraction of sp³-hybridized carbons (Fsp3) is 0.667. The van der Waals surface area contributed by atoms with Crippen molar-refractivity contribution in [2.24, 2.45) is 0 Å². The van der Waals surface area contributed by atoms with Crippen molar-refractivity contribution >= 4 is 11.9 Å². The number of quaternary nitrogens is 1. The van der Waals surface area contributed by atoms with E-state index in [2.05, 4.69) is 44.5 Å². The van der Waals surface area contributed by atoms with E-state index in [1.807, 2.05) is 14.1 Å². The van der Waals surface area contributed by atoms with Crippen LogP contribution in [0.5, 0.6) is 0 Å². The van der Waals surface area contributed by atoms with Crippen LogP contribution in [-0.4, -0.2) is 82.7 Å². The van der Waals surface area contributed by atoms with Gasteiger partial charge < -0.3 is 19.4 Å². The molecule has 6 nitrogen and oxygen atoms in total. The lowest BCUT2D eigenvalue weighted by atomic mass is 10.3. The Morgan fingerprint density at radius 2 is 1.62 bits per heavy atom. The molecule has 0 atom stereocenters. The number of hydrogen-bond acceptors (Lipinski definition) is 4. The summed E-state index contributed by atoms with van der Waals surface area (Å²) in [4.78, 5) is 24.0. The summed E-state index contributed by atoms with van der Waals surface area (Å²) in [5, 5.41) is 2.77. The molecule has 0 saturated carbocycles. The largest absolute Gasteiger partial charge is 0.456 e. The van der Waals surface area contributed by atoms with Crippen LogP contribution in [0.1, 0.15) is 20.3 Å². The van der Waals surface area contributed by atoms with E-state index in [1.165, 1.54) is 0 Å². The smallest absolute Gasteiger partial charge is 0.333 e. The Kier molecular flexibility index (Phi) is 13.0. The molecular weight excluding hydrogens is 306 g/mol. The van der Waals surface area contributed by atoms with Gasteiger partial charge in [-0.05, 0) is 40.9 Å². The molecule has 0 unspecified atom stereocenters. The highest BCUT2D eigenvalue weighted by atomic mass is 16.5. The van der Waals surface area contributed by atoms with Crippen molar-refractivity contribution in [3.63, 3.8) is 0 Å². The monoisotopic (exact) mass is 342 g/mol. The van der Waals surface area contributed by atoms with Gasteiger partial charge in [0, 0.05) is 17.7 Å². The van der Waals surface area contributed by atoms with Gasteiger partial charge in [-0.25, -0.2) is 4.79 Å². The number of nitrogens with zero attached hydrogens (tertiary/aromatic N) is 2. The molecule has 0 aromatic carbocycles. The summed E-state index contributed by atoms with van der Waals surface area (Å²) in [6.45, 7) is 13.4. The van der Waals surface area contributed by atoms with E-state index in [1.54, 1.807) is 13.8 Å². The highest BCUT2D eigenvalue weighted by Gasteiger charge is 2.09. The molecule has 140 valence electrons. The van der Waals surface area contributed by atoms with Crippen molar-refractivity contribution in [3.8, 4) is 0 Å². The molecule has 0 heterocycles. The summed E-state index contributed by atoms with van der Waals surface area (Å²) >= 11 is 0. The van der Waals surface area contributed by atoms with Crippen LogP contribution in [-0.2, 0) is 14.3 Å². The summed E-state index contributed by atoms with van der Waals surface area (Å²) in [6.07, 6.45) is 0.978. The second-order valence-corrected chi connectivity index (χ2v) is 7.12. The van der Waals surface area contributed by atoms with E-state index in [0.29, 0.717) is 17.8 Å². The molecule has 1 N–H and O–H groups in total. The zero-order valence-corrected chi connectivity index (χ0v) is 16.6. The van der Waals surface area contributed by atoms with Crippen LogP contribution in [0, 0.1) is 0 Å². The second-order valence-electron chi connectivity index (χ2n) is 7.12. The van der Waals surface area contributed by atoms with Crippen molar-refractivity contribution in [1.29, 1.82) is 0 Å². The fourth-order valence-corrected chi connectivity index (χ4v) is 1.28. The van der Waals surface area contributed by atoms with Gasteiger partial charge in [0.1, 0.15) is 13.2 Å². The summed E-state index contributed by atoms with van der Waals surface area (Å²) in [7, 11) is 10.2. The predicted molar refractivity (Wildman–Crippen MR) is 99.7 cm³/mol. The van der Waals surface area contributed by atoms with Crippen molar-refractivity contribution in [1.82, 2.24) is 10.2 Å². The normalized spacial score (nSPS) is 10.5. The molecule has 0 fully saturated rings. The molecule has 24 heavy (non-hydrogen) atoms. The number of amides is 1. The molecule has 0 aliphatic rings. The lowest BCUT2D eigenvalue weighted by Crippen LogP contribution is -2.38. The highest BCUT2D eigenvalue weighted by molar-refractivity contribution is 5.92. The van der Waals surface area contributed by atoms with Crippen molar-refractivity contribution in [2.75, 3.05) is 61.5 Å². The van der Waals surface area contributed by atoms with E-state index < -0.39 is 0 Å². The number of esters is 1. The van der Waals surface area contributed by atoms with Crippen molar-refractivity contribution in [2.45, 2.75) is 20.3 Å². The third-order valence-corrected chi connectivity index (χ3v) is 2.80. The van der Waals surface area contributed by atoms with E-state index in [4.69, 9.17) is 4.74 Å². The molecule has 0 aromatic rings. The minimum Gasteiger partial charge on any atom is -0.456 e. The van der Waals surface area contributed by atoms with E-state index in [9.17, 15) is 9.59 Å². The lowest BCUT2D eigenvalue weighted by molar-refractivity contribution is -0.870. The fourth-order valence-electron chi connectivity index (χ4n) is 1.28. The van der Waals surface area contributed by atoms with Gasteiger partial charge in [0.15, 0.2) is 0 Å². The molecule has 0 spiro atoms. The van der Waals surface area contributed by atoms with E-state index >= 15 is 0 Å². The molecule has 0 radical (unpaired) electrons.